The summed E-state index contributed by atoms with van der Waals surface area (Å²) in [5.74, 6) is 0.0587. The quantitative estimate of drug-likeness (QED) is 0.654. The molecule has 5 nitrogen and oxygen atoms in total. The Hall–Kier alpha value is -1.60. The van der Waals surface area contributed by atoms with Gasteiger partial charge in [0.2, 0.25) is 5.91 Å². The molecule has 0 saturated heterocycles. The van der Waals surface area contributed by atoms with E-state index in [-0.39, 0.29) is 11.7 Å². The number of nitrogens with zero attached hydrogens (tertiary/aromatic N) is 1. The topological polar surface area (TPSA) is 74.8 Å². The number of carbonyl (C=O) groups excluding carboxylic acids is 1. The summed E-state index contributed by atoms with van der Waals surface area (Å²) in [6.45, 7) is 1.77. The highest BCUT2D eigenvalue weighted by atomic mass is 79.9. The van der Waals surface area contributed by atoms with Crippen LogP contribution in [-0.2, 0) is 4.79 Å². The maximum atomic E-state index is 11.8. The molecule has 0 unspecified atom stereocenters. The molecule has 104 valence electrons. The molecule has 1 amide bonds. The van der Waals surface area contributed by atoms with Crippen LogP contribution < -0.4 is 11.0 Å². The highest BCUT2D eigenvalue weighted by Crippen LogP contribution is 2.16. The number of aromatic nitrogens is 2. The summed E-state index contributed by atoms with van der Waals surface area (Å²) in [7, 11) is 0. The number of amides is 1. The Morgan fingerprint density at radius 1 is 1.40 bits per heavy atom. The first-order valence-corrected chi connectivity index (χ1v) is 7.57. The van der Waals surface area contributed by atoms with E-state index in [1.54, 1.807) is 13.0 Å². The van der Waals surface area contributed by atoms with Gasteiger partial charge in [0.05, 0.1) is 5.75 Å². The van der Waals surface area contributed by atoms with E-state index in [0.29, 0.717) is 5.03 Å². The largest absolute Gasteiger partial charge is 0.346 e. The maximum Gasteiger partial charge on any atom is 0.346 e. The van der Waals surface area contributed by atoms with Gasteiger partial charge in [-0.05, 0) is 37.3 Å². The van der Waals surface area contributed by atoms with Crippen LogP contribution in [-0.4, -0.2) is 21.6 Å². The number of anilines is 1. The van der Waals surface area contributed by atoms with Crippen LogP contribution in [0.15, 0.2) is 44.6 Å². The number of aryl methyl sites for hydroxylation is 1. The number of hydrogen-bond acceptors (Lipinski definition) is 4. The van der Waals surface area contributed by atoms with Gasteiger partial charge in [0.25, 0.3) is 0 Å². The standard InChI is InChI=1S/C13H12BrN3O2S/c1-8-6-12(17-13(19)15-8)20-7-11(18)16-10-4-2-9(14)3-5-10/h2-6H,7H2,1H3,(H,16,18)(H,15,17,19). The van der Waals surface area contributed by atoms with Crippen molar-refractivity contribution in [2.75, 3.05) is 11.1 Å². The molecule has 20 heavy (non-hydrogen) atoms. The summed E-state index contributed by atoms with van der Waals surface area (Å²) in [6.07, 6.45) is 0. The van der Waals surface area contributed by atoms with Crippen LogP contribution in [0.1, 0.15) is 5.69 Å². The molecule has 1 aromatic heterocycles. The Labute approximate surface area is 128 Å². The van der Waals surface area contributed by atoms with E-state index in [0.717, 1.165) is 15.9 Å². The average Bonchev–Trinajstić information content (AvgIpc) is 2.38. The van der Waals surface area contributed by atoms with Gasteiger partial charge in [-0.1, -0.05) is 27.7 Å². The molecule has 0 saturated carbocycles. The summed E-state index contributed by atoms with van der Waals surface area (Å²) in [5.41, 5.74) is 1.05. The van der Waals surface area contributed by atoms with E-state index in [9.17, 15) is 9.59 Å². The van der Waals surface area contributed by atoms with Crippen molar-refractivity contribution in [1.82, 2.24) is 9.97 Å². The molecule has 0 aliphatic rings. The zero-order valence-corrected chi connectivity index (χ0v) is 13.0. The number of H-pyrrole nitrogens is 1. The molecule has 1 heterocycles. The molecule has 1 aromatic carbocycles. The molecular weight excluding hydrogens is 342 g/mol. The normalized spacial score (nSPS) is 10.3. The Kier molecular flexibility index (Phi) is 4.97. The smallest absolute Gasteiger partial charge is 0.325 e. The third-order valence-corrected chi connectivity index (χ3v) is 3.78. The summed E-state index contributed by atoms with van der Waals surface area (Å²) in [6, 6.07) is 9.05. The zero-order chi connectivity index (χ0) is 14.5. The number of thioether (sulfide) groups is 1. The molecule has 0 atom stereocenters. The minimum absolute atomic E-state index is 0.142. The van der Waals surface area contributed by atoms with Crippen molar-refractivity contribution < 1.29 is 4.79 Å². The number of halogens is 1. The first-order valence-electron chi connectivity index (χ1n) is 5.79. The van der Waals surface area contributed by atoms with Gasteiger partial charge in [-0.3, -0.25) is 4.79 Å². The molecule has 0 aliphatic carbocycles. The number of carbonyl (C=O) groups is 1. The number of hydrogen-bond donors (Lipinski definition) is 2. The van der Waals surface area contributed by atoms with Crippen LogP contribution in [0.2, 0.25) is 0 Å². The average molecular weight is 354 g/mol. The van der Waals surface area contributed by atoms with Crippen LogP contribution >= 0.6 is 27.7 Å². The van der Waals surface area contributed by atoms with Crippen molar-refractivity contribution in [2.24, 2.45) is 0 Å². The Morgan fingerprint density at radius 2 is 2.10 bits per heavy atom. The van der Waals surface area contributed by atoms with Crippen LogP contribution in [0.25, 0.3) is 0 Å². The molecule has 0 aliphatic heterocycles. The fourth-order valence-electron chi connectivity index (χ4n) is 1.49. The van der Waals surface area contributed by atoms with Gasteiger partial charge in [0.1, 0.15) is 5.03 Å². The predicted molar refractivity (Wildman–Crippen MR) is 83.1 cm³/mol. The molecule has 2 N–H and O–H groups in total. The second kappa shape index (κ2) is 6.71. The summed E-state index contributed by atoms with van der Waals surface area (Å²) < 4.78 is 0.952. The van der Waals surface area contributed by atoms with Crippen molar-refractivity contribution in [3.8, 4) is 0 Å². The van der Waals surface area contributed by atoms with Gasteiger partial charge in [-0.2, -0.15) is 4.98 Å². The second-order valence-corrected chi connectivity index (χ2v) is 5.96. The molecule has 0 radical (unpaired) electrons. The lowest BCUT2D eigenvalue weighted by atomic mass is 10.3. The van der Waals surface area contributed by atoms with E-state index < -0.39 is 5.69 Å². The monoisotopic (exact) mass is 353 g/mol. The molecule has 2 rings (SSSR count). The number of aromatic amines is 1. The minimum atomic E-state index is -0.402. The summed E-state index contributed by atoms with van der Waals surface area (Å²) in [5, 5.41) is 3.31. The van der Waals surface area contributed by atoms with E-state index in [4.69, 9.17) is 0 Å². The van der Waals surface area contributed by atoms with Crippen LogP contribution in [0.5, 0.6) is 0 Å². The third-order valence-electron chi connectivity index (χ3n) is 2.33. The molecule has 2 aromatic rings. The third kappa shape index (κ3) is 4.50. The highest BCUT2D eigenvalue weighted by Gasteiger charge is 2.05. The predicted octanol–water partition coefficient (Wildman–Crippen LogP) is 2.57. The van der Waals surface area contributed by atoms with Crippen molar-refractivity contribution in [1.29, 1.82) is 0 Å². The molecule has 0 spiro atoms. The fourth-order valence-corrected chi connectivity index (χ4v) is 2.52. The maximum absolute atomic E-state index is 11.8. The summed E-state index contributed by atoms with van der Waals surface area (Å²) in [4.78, 5) is 29.3. The second-order valence-electron chi connectivity index (χ2n) is 4.05. The first-order chi connectivity index (χ1) is 9.52. The Morgan fingerprint density at radius 3 is 2.75 bits per heavy atom. The van der Waals surface area contributed by atoms with Gasteiger partial charge < -0.3 is 10.3 Å². The Bertz CT molecular complexity index is 670. The molecular formula is C13H12BrN3O2S. The lowest BCUT2D eigenvalue weighted by Gasteiger charge is -2.05. The van der Waals surface area contributed by atoms with Gasteiger partial charge in [0.15, 0.2) is 0 Å². The van der Waals surface area contributed by atoms with E-state index >= 15 is 0 Å². The van der Waals surface area contributed by atoms with Crippen molar-refractivity contribution in [3.05, 3.63) is 51.0 Å². The van der Waals surface area contributed by atoms with Crippen molar-refractivity contribution in [2.45, 2.75) is 11.9 Å². The molecule has 0 fully saturated rings. The van der Waals surface area contributed by atoms with Gasteiger partial charge >= 0.3 is 5.69 Å². The van der Waals surface area contributed by atoms with E-state index in [1.807, 2.05) is 24.3 Å². The van der Waals surface area contributed by atoms with Gasteiger partial charge in [-0.25, -0.2) is 4.79 Å². The molecule has 0 bridgehead atoms. The minimum Gasteiger partial charge on any atom is -0.325 e. The molecule has 7 heteroatoms. The summed E-state index contributed by atoms with van der Waals surface area (Å²) >= 11 is 4.56. The van der Waals surface area contributed by atoms with E-state index in [1.165, 1.54) is 11.8 Å². The lowest BCUT2D eigenvalue weighted by Crippen LogP contribution is -2.15. The number of nitrogens with one attached hydrogen (secondary N) is 2. The fraction of sp³-hybridized carbons (Fsp3) is 0.154. The highest BCUT2D eigenvalue weighted by molar-refractivity contribution is 9.10. The van der Waals surface area contributed by atoms with Gasteiger partial charge in [0, 0.05) is 15.9 Å². The zero-order valence-electron chi connectivity index (χ0n) is 10.6. The SMILES string of the molecule is Cc1cc(SCC(=O)Nc2ccc(Br)cc2)nc(=O)[nH]1. The van der Waals surface area contributed by atoms with Crippen LogP contribution in [0.4, 0.5) is 5.69 Å². The first kappa shape index (κ1) is 14.8. The Balaban J connectivity index is 1.92. The number of rotatable bonds is 4. The van der Waals surface area contributed by atoms with Gasteiger partial charge in [-0.15, -0.1) is 0 Å². The van der Waals surface area contributed by atoms with Crippen LogP contribution in [0.3, 0.4) is 0 Å². The van der Waals surface area contributed by atoms with Crippen molar-refractivity contribution in [3.63, 3.8) is 0 Å². The van der Waals surface area contributed by atoms with E-state index in [2.05, 4.69) is 31.2 Å². The number of benzene rings is 1. The van der Waals surface area contributed by atoms with Crippen LogP contribution in [0, 0.1) is 6.92 Å². The lowest BCUT2D eigenvalue weighted by molar-refractivity contribution is -0.113. The van der Waals surface area contributed by atoms with Crippen molar-refractivity contribution >= 4 is 39.3 Å².